The zero-order valence-corrected chi connectivity index (χ0v) is 8.50. The number of methoxy groups -OCH3 is 2. The Morgan fingerprint density at radius 2 is 1.93 bits per heavy atom. The van der Waals surface area contributed by atoms with Gasteiger partial charge in [0.1, 0.15) is 5.75 Å². The van der Waals surface area contributed by atoms with Crippen LogP contribution in [0, 0.1) is 0 Å². The van der Waals surface area contributed by atoms with Crippen molar-refractivity contribution in [3.8, 4) is 17.2 Å². The first-order valence-corrected chi connectivity index (χ1v) is 4.14. The third kappa shape index (κ3) is 2.53. The van der Waals surface area contributed by atoms with E-state index in [4.69, 9.17) is 25.8 Å². The minimum atomic E-state index is -0.920. The van der Waals surface area contributed by atoms with Crippen LogP contribution in [0.4, 0.5) is 4.79 Å². The van der Waals surface area contributed by atoms with Gasteiger partial charge in [0.2, 0.25) is 0 Å². The summed E-state index contributed by atoms with van der Waals surface area (Å²) < 4.78 is 14.6. The Morgan fingerprint density at radius 3 is 2.43 bits per heavy atom. The van der Waals surface area contributed by atoms with Crippen molar-refractivity contribution in [1.29, 1.82) is 0 Å². The highest BCUT2D eigenvalue weighted by atomic mass is 35.5. The molecule has 0 aliphatic carbocycles. The fraction of sp³-hybridized carbons (Fsp3) is 0.222. The number of halogens is 1. The summed E-state index contributed by atoms with van der Waals surface area (Å²) in [6, 6.07) is 4.82. The molecule has 0 spiro atoms. The van der Waals surface area contributed by atoms with Crippen LogP contribution in [0.3, 0.4) is 0 Å². The number of ether oxygens (including phenoxy) is 3. The molecule has 5 heteroatoms. The van der Waals surface area contributed by atoms with E-state index in [1.807, 2.05) is 0 Å². The molecule has 1 aromatic carbocycles. The summed E-state index contributed by atoms with van der Waals surface area (Å²) in [4.78, 5) is 10.5. The van der Waals surface area contributed by atoms with Crippen LogP contribution in [-0.4, -0.2) is 19.6 Å². The van der Waals surface area contributed by atoms with Gasteiger partial charge in [-0.1, -0.05) is 0 Å². The molecule has 4 nitrogen and oxygen atoms in total. The lowest BCUT2D eigenvalue weighted by atomic mass is 10.3. The summed E-state index contributed by atoms with van der Waals surface area (Å²) in [5, 5.41) is 0. The molecule has 1 rings (SSSR count). The normalized spacial score (nSPS) is 9.36. The highest BCUT2D eigenvalue weighted by Gasteiger charge is 2.08. The van der Waals surface area contributed by atoms with Crippen LogP contribution in [0.1, 0.15) is 0 Å². The monoisotopic (exact) mass is 216 g/mol. The zero-order valence-electron chi connectivity index (χ0n) is 7.74. The first kappa shape index (κ1) is 10.7. The van der Waals surface area contributed by atoms with Gasteiger partial charge in [0, 0.05) is 17.7 Å². The molecule has 0 aliphatic rings. The number of hydrogen-bond donors (Lipinski definition) is 0. The Kier molecular flexibility index (Phi) is 3.59. The van der Waals surface area contributed by atoms with E-state index in [-0.39, 0.29) is 5.75 Å². The molecular formula is C9H9ClO4. The van der Waals surface area contributed by atoms with E-state index in [1.165, 1.54) is 20.3 Å². The van der Waals surface area contributed by atoms with Gasteiger partial charge in [0.05, 0.1) is 14.2 Å². The molecule has 14 heavy (non-hydrogen) atoms. The van der Waals surface area contributed by atoms with Gasteiger partial charge in [-0.05, 0) is 12.1 Å². The Bertz CT molecular complexity index is 338. The van der Waals surface area contributed by atoms with Crippen LogP contribution in [0.2, 0.25) is 0 Å². The maximum absolute atomic E-state index is 10.5. The third-order valence-corrected chi connectivity index (χ3v) is 1.64. The Morgan fingerprint density at radius 1 is 1.21 bits per heavy atom. The van der Waals surface area contributed by atoms with Crippen LogP contribution in [0.5, 0.6) is 17.2 Å². The zero-order chi connectivity index (χ0) is 10.6. The SMILES string of the molecule is COc1ccc(OC)c(OC(=O)Cl)c1. The number of carbonyl (C=O) groups is 1. The van der Waals surface area contributed by atoms with Gasteiger partial charge < -0.3 is 14.2 Å². The van der Waals surface area contributed by atoms with E-state index in [0.29, 0.717) is 11.5 Å². The Labute approximate surface area is 86.3 Å². The number of rotatable bonds is 3. The second-order valence-corrected chi connectivity index (χ2v) is 2.67. The predicted octanol–water partition coefficient (Wildman–Crippen LogP) is 2.44. The first-order valence-electron chi connectivity index (χ1n) is 3.76. The van der Waals surface area contributed by atoms with Gasteiger partial charge in [0.25, 0.3) is 0 Å². The summed E-state index contributed by atoms with van der Waals surface area (Å²) in [6.45, 7) is 0. The molecule has 76 valence electrons. The Balaban J connectivity index is 3.01. The lowest BCUT2D eigenvalue weighted by Crippen LogP contribution is -1.99. The van der Waals surface area contributed by atoms with Crippen molar-refractivity contribution in [3.63, 3.8) is 0 Å². The summed E-state index contributed by atoms with van der Waals surface area (Å²) >= 11 is 5.08. The standard InChI is InChI=1S/C9H9ClO4/c1-12-6-3-4-7(13-2)8(5-6)14-9(10)11/h3-5H,1-2H3. The molecule has 1 aromatic rings. The quantitative estimate of drug-likeness (QED) is 0.728. The topological polar surface area (TPSA) is 44.8 Å². The summed E-state index contributed by atoms with van der Waals surface area (Å²) in [7, 11) is 2.97. The van der Waals surface area contributed by atoms with Crippen LogP contribution in [-0.2, 0) is 0 Å². The van der Waals surface area contributed by atoms with E-state index in [0.717, 1.165) is 0 Å². The lowest BCUT2D eigenvalue weighted by Gasteiger charge is -2.08. The van der Waals surface area contributed by atoms with Crippen LogP contribution in [0.25, 0.3) is 0 Å². The number of benzene rings is 1. The molecule has 0 bridgehead atoms. The van der Waals surface area contributed by atoms with Gasteiger partial charge in [-0.2, -0.15) is 0 Å². The maximum Gasteiger partial charge on any atom is 0.409 e. The molecule has 0 saturated heterocycles. The van der Waals surface area contributed by atoms with Crippen molar-refractivity contribution in [2.24, 2.45) is 0 Å². The van der Waals surface area contributed by atoms with Crippen molar-refractivity contribution in [2.75, 3.05) is 14.2 Å². The smallest absolute Gasteiger partial charge is 0.409 e. The number of carbonyl (C=O) groups excluding carboxylic acids is 1. The molecule has 0 radical (unpaired) electrons. The van der Waals surface area contributed by atoms with Crippen molar-refractivity contribution < 1.29 is 19.0 Å². The van der Waals surface area contributed by atoms with Crippen LogP contribution < -0.4 is 14.2 Å². The van der Waals surface area contributed by atoms with Gasteiger partial charge >= 0.3 is 5.43 Å². The molecule has 0 unspecified atom stereocenters. The largest absolute Gasteiger partial charge is 0.497 e. The Hall–Kier alpha value is -1.42. The minimum Gasteiger partial charge on any atom is -0.497 e. The molecular weight excluding hydrogens is 208 g/mol. The third-order valence-electron chi connectivity index (χ3n) is 1.56. The molecule has 0 fully saturated rings. The van der Waals surface area contributed by atoms with Crippen molar-refractivity contribution >= 4 is 17.0 Å². The summed E-state index contributed by atoms with van der Waals surface area (Å²) in [6.07, 6.45) is 0. The van der Waals surface area contributed by atoms with E-state index in [9.17, 15) is 4.79 Å². The number of hydrogen-bond acceptors (Lipinski definition) is 4. The van der Waals surface area contributed by atoms with Gasteiger partial charge in [0.15, 0.2) is 11.5 Å². The second-order valence-electron chi connectivity index (χ2n) is 2.36. The molecule has 0 N–H and O–H groups in total. The molecule has 0 aliphatic heterocycles. The molecule has 0 aromatic heterocycles. The maximum atomic E-state index is 10.5. The fourth-order valence-electron chi connectivity index (χ4n) is 0.950. The van der Waals surface area contributed by atoms with Crippen molar-refractivity contribution in [3.05, 3.63) is 18.2 Å². The highest BCUT2D eigenvalue weighted by molar-refractivity contribution is 6.61. The lowest BCUT2D eigenvalue weighted by molar-refractivity contribution is 0.223. The average Bonchev–Trinajstić information content (AvgIpc) is 2.16. The predicted molar refractivity (Wildman–Crippen MR) is 51.4 cm³/mol. The summed E-state index contributed by atoms with van der Waals surface area (Å²) in [5.41, 5.74) is -0.920. The van der Waals surface area contributed by atoms with Crippen LogP contribution in [0.15, 0.2) is 18.2 Å². The highest BCUT2D eigenvalue weighted by Crippen LogP contribution is 2.31. The fourth-order valence-corrected chi connectivity index (χ4v) is 1.03. The van der Waals surface area contributed by atoms with Gasteiger partial charge in [-0.3, -0.25) is 0 Å². The van der Waals surface area contributed by atoms with Crippen molar-refractivity contribution in [2.45, 2.75) is 0 Å². The van der Waals surface area contributed by atoms with E-state index in [2.05, 4.69) is 0 Å². The first-order chi connectivity index (χ1) is 6.67. The average molecular weight is 217 g/mol. The van der Waals surface area contributed by atoms with Crippen molar-refractivity contribution in [1.82, 2.24) is 0 Å². The van der Waals surface area contributed by atoms with Crippen LogP contribution >= 0.6 is 11.6 Å². The second kappa shape index (κ2) is 4.72. The molecule has 0 saturated carbocycles. The minimum absolute atomic E-state index is 0.229. The molecule has 0 amide bonds. The van der Waals surface area contributed by atoms with E-state index >= 15 is 0 Å². The van der Waals surface area contributed by atoms with E-state index < -0.39 is 5.43 Å². The van der Waals surface area contributed by atoms with Gasteiger partial charge in [-0.25, -0.2) is 4.79 Å². The molecule has 0 atom stereocenters. The summed E-state index contributed by atoms with van der Waals surface area (Å²) in [5.74, 6) is 1.20. The van der Waals surface area contributed by atoms with E-state index in [1.54, 1.807) is 12.1 Å². The van der Waals surface area contributed by atoms with Gasteiger partial charge in [-0.15, -0.1) is 0 Å². The molecule has 0 heterocycles.